The molecule has 2 aromatic rings. The number of carbonyl (C=O) groups excluding carboxylic acids is 1. The summed E-state index contributed by atoms with van der Waals surface area (Å²) in [6, 6.07) is 8.02. The second-order valence-corrected chi connectivity index (χ2v) is 7.17. The summed E-state index contributed by atoms with van der Waals surface area (Å²) in [6.45, 7) is 6.41. The van der Waals surface area contributed by atoms with Gasteiger partial charge in [0.1, 0.15) is 11.6 Å². The van der Waals surface area contributed by atoms with Crippen LogP contribution in [-0.4, -0.2) is 35.5 Å². The predicted octanol–water partition coefficient (Wildman–Crippen LogP) is 3.27. The number of rotatable bonds is 5. The van der Waals surface area contributed by atoms with Crippen molar-refractivity contribution in [1.29, 1.82) is 0 Å². The van der Waals surface area contributed by atoms with Crippen LogP contribution in [0.25, 0.3) is 11.4 Å². The van der Waals surface area contributed by atoms with Crippen molar-refractivity contribution in [2.75, 3.05) is 24.5 Å². The fourth-order valence-electron chi connectivity index (χ4n) is 3.11. The van der Waals surface area contributed by atoms with Crippen LogP contribution in [0.2, 0.25) is 0 Å². The number of carbonyl (C=O) groups is 1. The fraction of sp³-hybridized carbons (Fsp3) is 0.450. The van der Waals surface area contributed by atoms with Gasteiger partial charge in [0.25, 0.3) is 0 Å². The van der Waals surface area contributed by atoms with Gasteiger partial charge < -0.3 is 10.2 Å². The summed E-state index contributed by atoms with van der Waals surface area (Å²) >= 11 is 0. The molecule has 5 nitrogen and oxygen atoms in total. The topological polar surface area (TPSA) is 58.1 Å². The van der Waals surface area contributed by atoms with Crippen molar-refractivity contribution in [3.8, 4) is 11.4 Å². The molecule has 1 fully saturated rings. The Morgan fingerprint density at radius 2 is 2.08 bits per heavy atom. The molecule has 3 rings (SSSR count). The highest BCUT2D eigenvalue weighted by atomic mass is 19.1. The smallest absolute Gasteiger partial charge is 0.224 e. The Labute approximate surface area is 153 Å². The molecule has 1 atom stereocenters. The van der Waals surface area contributed by atoms with Crippen molar-refractivity contribution in [3.63, 3.8) is 0 Å². The standard InChI is InChI=1S/C20H25FN4O/c1-14(2)12-23-20(26)16-4-3-11-25(13-16)18-9-10-22-19(24-18)15-5-7-17(21)8-6-15/h5-10,14,16H,3-4,11-13H2,1-2H3,(H,23,26)/t16-/m0/s1. The predicted molar refractivity (Wildman–Crippen MR) is 100 cm³/mol. The molecular formula is C20H25FN4O. The Bertz CT molecular complexity index is 748. The Morgan fingerprint density at radius 1 is 1.31 bits per heavy atom. The summed E-state index contributed by atoms with van der Waals surface area (Å²) in [7, 11) is 0. The van der Waals surface area contributed by atoms with Gasteiger partial charge in [-0.05, 0) is 49.1 Å². The van der Waals surface area contributed by atoms with Crippen LogP contribution in [0, 0.1) is 17.7 Å². The van der Waals surface area contributed by atoms with Crippen LogP contribution in [0.3, 0.4) is 0 Å². The van der Waals surface area contributed by atoms with E-state index in [1.54, 1.807) is 18.3 Å². The molecule has 0 unspecified atom stereocenters. The summed E-state index contributed by atoms with van der Waals surface area (Å²) in [5.74, 6) is 1.63. The van der Waals surface area contributed by atoms with Gasteiger partial charge in [-0.1, -0.05) is 13.8 Å². The molecule has 1 N–H and O–H groups in total. The van der Waals surface area contributed by atoms with E-state index in [1.807, 2.05) is 6.07 Å². The third-order valence-corrected chi connectivity index (χ3v) is 4.54. The van der Waals surface area contributed by atoms with Crippen LogP contribution in [0.1, 0.15) is 26.7 Å². The number of anilines is 1. The minimum atomic E-state index is -0.281. The third-order valence-electron chi connectivity index (χ3n) is 4.54. The molecule has 6 heteroatoms. The lowest BCUT2D eigenvalue weighted by Crippen LogP contribution is -2.44. The van der Waals surface area contributed by atoms with E-state index in [-0.39, 0.29) is 17.6 Å². The van der Waals surface area contributed by atoms with E-state index >= 15 is 0 Å². The van der Waals surface area contributed by atoms with Crippen LogP contribution in [0.15, 0.2) is 36.5 Å². The van der Waals surface area contributed by atoms with Crippen molar-refractivity contribution in [2.45, 2.75) is 26.7 Å². The summed E-state index contributed by atoms with van der Waals surface area (Å²) in [5.41, 5.74) is 0.775. The van der Waals surface area contributed by atoms with E-state index in [1.165, 1.54) is 12.1 Å². The Balaban J connectivity index is 1.71. The van der Waals surface area contributed by atoms with Gasteiger partial charge in [-0.25, -0.2) is 14.4 Å². The largest absolute Gasteiger partial charge is 0.356 e. The first kappa shape index (κ1) is 18.3. The summed E-state index contributed by atoms with van der Waals surface area (Å²) in [6.07, 6.45) is 3.56. The molecule has 138 valence electrons. The Hall–Kier alpha value is -2.50. The van der Waals surface area contributed by atoms with Crippen LogP contribution in [0.4, 0.5) is 10.2 Å². The molecule has 1 aliphatic heterocycles. The molecule has 1 saturated heterocycles. The molecule has 1 amide bonds. The van der Waals surface area contributed by atoms with Gasteiger partial charge in [-0.15, -0.1) is 0 Å². The minimum Gasteiger partial charge on any atom is -0.356 e. The van der Waals surface area contributed by atoms with Gasteiger partial charge in [0, 0.05) is 31.4 Å². The second kappa shape index (κ2) is 8.25. The molecule has 0 bridgehead atoms. The van der Waals surface area contributed by atoms with Crippen LogP contribution < -0.4 is 10.2 Å². The molecule has 0 aliphatic carbocycles. The van der Waals surface area contributed by atoms with Crippen molar-refractivity contribution >= 4 is 11.7 Å². The zero-order chi connectivity index (χ0) is 18.5. The maximum absolute atomic E-state index is 13.1. The lowest BCUT2D eigenvalue weighted by Gasteiger charge is -2.33. The number of amides is 1. The van der Waals surface area contributed by atoms with E-state index in [9.17, 15) is 9.18 Å². The Morgan fingerprint density at radius 3 is 2.81 bits per heavy atom. The van der Waals surface area contributed by atoms with E-state index in [0.717, 1.165) is 30.8 Å². The van der Waals surface area contributed by atoms with Crippen molar-refractivity contribution < 1.29 is 9.18 Å². The van der Waals surface area contributed by atoms with Gasteiger partial charge in [-0.2, -0.15) is 0 Å². The normalized spacial score (nSPS) is 17.4. The highest BCUT2D eigenvalue weighted by Crippen LogP contribution is 2.24. The van der Waals surface area contributed by atoms with Crippen LogP contribution >= 0.6 is 0 Å². The Kier molecular flexibility index (Phi) is 5.81. The fourth-order valence-corrected chi connectivity index (χ4v) is 3.11. The molecular weight excluding hydrogens is 331 g/mol. The van der Waals surface area contributed by atoms with Gasteiger partial charge in [0.05, 0.1) is 5.92 Å². The minimum absolute atomic E-state index is 0.0215. The quantitative estimate of drug-likeness (QED) is 0.893. The van der Waals surface area contributed by atoms with E-state index in [2.05, 4.69) is 34.0 Å². The van der Waals surface area contributed by atoms with Crippen molar-refractivity contribution in [3.05, 3.63) is 42.3 Å². The third kappa shape index (κ3) is 4.56. The van der Waals surface area contributed by atoms with E-state index in [4.69, 9.17) is 0 Å². The number of nitrogens with zero attached hydrogens (tertiary/aromatic N) is 3. The highest BCUT2D eigenvalue weighted by molar-refractivity contribution is 5.79. The molecule has 0 spiro atoms. The summed E-state index contributed by atoms with van der Waals surface area (Å²) < 4.78 is 13.1. The van der Waals surface area contributed by atoms with E-state index in [0.29, 0.717) is 24.8 Å². The van der Waals surface area contributed by atoms with Gasteiger partial charge in [-0.3, -0.25) is 4.79 Å². The van der Waals surface area contributed by atoms with Crippen LogP contribution in [0.5, 0.6) is 0 Å². The number of piperidine rings is 1. The number of halogens is 1. The van der Waals surface area contributed by atoms with Gasteiger partial charge >= 0.3 is 0 Å². The molecule has 1 aromatic heterocycles. The molecule has 2 heterocycles. The average molecular weight is 356 g/mol. The number of hydrogen-bond acceptors (Lipinski definition) is 4. The lowest BCUT2D eigenvalue weighted by atomic mass is 9.97. The van der Waals surface area contributed by atoms with Gasteiger partial charge in [0.15, 0.2) is 5.82 Å². The first-order valence-electron chi connectivity index (χ1n) is 9.14. The number of hydrogen-bond donors (Lipinski definition) is 1. The molecule has 1 aliphatic rings. The number of aromatic nitrogens is 2. The number of nitrogens with one attached hydrogen (secondary N) is 1. The van der Waals surface area contributed by atoms with Crippen molar-refractivity contribution in [1.82, 2.24) is 15.3 Å². The SMILES string of the molecule is CC(C)CNC(=O)[C@H]1CCCN(c2ccnc(-c3ccc(F)cc3)n2)C1. The molecule has 1 aromatic carbocycles. The van der Waals surface area contributed by atoms with E-state index < -0.39 is 0 Å². The molecule has 0 saturated carbocycles. The lowest BCUT2D eigenvalue weighted by molar-refractivity contribution is -0.125. The maximum Gasteiger partial charge on any atom is 0.224 e. The average Bonchev–Trinajstić information content (AvgIpc) is 2.67. The number of benzene rings is 1. The zero-order valence-electron chi connectivity index (χ0n) is 15.3. The second-order valence-electron chi connectivity index (χ2n) is 7.17. The summed E-state index contributed by atoms with van der Waals surface area (Å²) in [5, 5.41) is 3.03. The monoisotopic (exact) mass is 356 g/mol. The first-order valence-corrected chi connectivity index (χ1v) is 9.14. The zero-order valence-corrected chi connectivity index (χ0v) is 15.3. The highest BCUT2D eigenvalue weighted by Gasteiger charge is 2.26. The van der Waals surface area contributed by atoms with Gasteiger partial charge in [0.2, 0.25) is 5.91 Å². The maximum atomic E-state index is 13.1. The van der Waals surface area contributed by atoms with Crippen molar-refractivity contribution in [2.24, 2.45) is 11.8 Å². The van der Waals surface area contributed by atoms with Crippen LogP contribution in [-0.2, 0) is 4.79 Å². The summed E-state index contributed by atoms with van der Waals surface area (Å²) in [4.78, 5) is 23.5. The first-order chi connectivity index (χ1) is 12.5. The molecule has 0 radical (unpaired) electrons. The molecule has 26 heavy (non-hydrogen) atoms.